The highest BCUT2D eigenvalue weighted by Crippen LogP contribution is 2.59. The van der Waals surface area contributed by atoms with Crippen molar-refractivity contribution in [3.63, 3.8) is 0 Å². The van der Waals surface area contributed by atoms with Gasteiger partial charge in [0.25, 0.3) is 0 Å². The van der Waals surface area contributed by atoms with Gasteiger partial charge in [0.1, 0.15) is 0 Å². The van der Waals surface area contributed by atoms with Gasteiger partial charge in [0.15, 0.2) is 0 Å². The van der Waals surface area contributed by atoms with Crippen LogP contribution in [0.15, 0.2) is 182 Å². The highest BCUT2D eigenvalue weighted by atomic mass is 14.5. The van der Waals surface area contributed by atoms with E-state index in [9.17, 15) is 0 Å². The lowest BCUT2D eigenvalue weighted by molar-refractivity contribution is 0.740. The minimum absolute atomic E-state index is 0.444. The van der Waals surface area contributed by atoms with Crippen LogP contribution in [0.1, 0.15) is 44.5 Å². The molecule has 0 nitrogen and oxygen atoms in total. The third-order valence-electron chi connectivity index (χ3n) is 10.0. The SMILES string of the molecule is c1ccc(C2(c3cccc(C4(c5ccccc5)c5ccccc5-c5ccccc54)c3)c3ccccc3-c3ccccc32)cc1. The summed E-state index contributed by atoms with van der Waals surface area (Å²) >= 11 is 0. The average molecular weight is 559 g/mol. The number of hydrogen-bond acceptors (Lipinski definition) is 0. The minimum atomic E-state index is -0.444. The summed E-state index contributed by atoms with van der Waals surface area (Å²) < 4.78 is 0. The van der Waals surface area contributed by atoms with Crippen molar-refractivity contribution in [2.75, 3.05) is 0 Å². The fourth-order valence-electron chi connectivity index (χ4n) is 8.41. The van der Waals surface area contributed by atoms with Gasteiger partial charge in [-0.3, -0.25) is 0 Å². The van der Waals surface area contributed by atoms with Crippen LogP contribution in [-0.2, 0) is 10.8 Å². The highest BCUT2D eigenvalue weighted by Gasteiger charge is 2.49. The Morgan fingerprint density at radius 3 is 0.841 bits per heavy atom. The van der Waals surface area contributed by atoms with Gasteiger partial charge in [0, 0.05) is 0 Å². The smallest absolute Gasteiger partial charge is 0.0622 e. The molecule has 0 bridgehead atoms. The molecule has 0 spiro atoms. The maximum atomic E-state index is 2.51. The minimum Gasteiger partial charge on any atom is -0.0622 e. The Kier molecular flexibility index (Phi) is 5.43. The van der Waals surface area contributed by atoms with Crippen LogP contribution in [0.3, 0.4) is 0 Å². The number of hydrogen-bond donors (Lipinski definition) is 0. The quantitative estimate of drug-likeness (QED) is 0.202. The van der Waals surface area contributed by atoms with Crippen molar-refractivity contribution in [1.82, 2.24) is 0 Å². The average Bonchev–Trinajstić information content (AvgIpc) is 3.58. The van der Waals surface area contributed by atoms with Gasteiger partial charge in [0.05, 0.1) is 10.8 Å². The van der Waals surface area contributed by atoms with Gasteiger partial charge in [-0.2, -0.15) is 0 Å². The van der Waals surface area contributed by atoms with Gasteiger partial charge in [-0.25, -0.2) is 0 Å². The molecular formula is C44H30. The van der Waals surface area contributed by atoms with Crippen LogP contribution < -0.4 is 0 Å². The Morgan fingerprint density at radius 1 is 0.227 bits per heavy atom. The summed E-state index contributed by atoms with van der Waals surface area (Å²) in [5.74, 6) is 0. The van der Waals surface area contributed by atoms with Crippen LogP contribution in [0, 0.1) is 0 Å². The maximum absolute atomic E-state index is 2.51. The molecule has 0 heterocycles. The van der Waals surface area contributed by atoms with E-state index in [1.807, 2.05) is 0 Å². The van der Waals surface area contributed by atoms with E-state index in [-0.39, 0.29) is 0 Å². The number of fused-ring (bicyclic) bond motifs is 6. The lowest BCUT2D eigenvalue weighted by Crippen LogP contribution is -2.31. The van der Waals surface area contributed by atoms with Crippen LogP contribution in [0.25, 0.3) is 22.3 Å². The van der Waals surface area contributed by atoms with Crippen LogP contribution in [0.4, 0.5) is 0 Å². The van der Waals surface area contributed by atoms with E-state index in [4.69, 9.17) is 0 Å². The van der Waals surface area contributed by atoms with E-state index in [2.05, 4.69) is 182 Å². The standard InChI is InChI=1S/C44H30/c1-3-16-31(17-4-1)43(39-26-11-7-22-35(39)36-23-8-12-27-40(36)43)33-20-15-21-34(30-33)44(32-18-5-2-6-19-32)41-28-13-9-24-37(41)38-25-10-14-29-42(38)44/h1-30H. The first-order valence-corrected chi connectivity index (χ1v) is 15.5. The molecule has 0 saturated heterocycles. The van der Waals surface area contributed by atoms with E-state index >= 15 is 0 Å². The Balaban J connectivity index is 1.41. The van der Waals surface area contributed by atoms with Gasteiger partial charge < -0.3 is 0 Å². The van der Waals surface area contributed by atoms with Crippen LogP contribution in [-0.4, -0.2) is 0 Å². The summed E-state index contributed by atoms with van der Waals surface area (Å²) in [6.07, 6.45) is 0. The zero-order valence-electron chi connectivity index (χ0n) is 24.3. The van der Waals surface area contributed by atoms with Gasteiger partial charge in [0.2, 0.25) is 0 Å². The molecule has 206 valence electrons. The molecule has 0 amide bonds. The molecule has 9 rings (SSSR count). The highest BCUT2D eigenvalue weighted by molar-refractivity contribution is 5.88. The molecule has 7 aromatic rings. The van der Waals surface area contributed by atoms with Gasteiger partial charge in [-0.15, -0.1) is 0 Å². The summed E-state index contributed by atoms with van der Waals surface area (Å²) in [5, 5.41) is 0. The molecule has 44 heavy (non-hydrogen) atoms. The molecule has 0 heteroatoms. The topological polar surface area (TPSA) is 0 Å². The second-order valence-corrected chi connectivity index (χ2v) is 12.0. The molecule has 7 aromatic carbocycles. The predicted molar refractivity (Wildman–Crippen MR) is 181 cm³/mol. The molecule has 0 fully saturated rings. The summed E-state index contributed by atoms with van der Waals surface area (Å²) in [6, 6.07) is 67.6. The third kappa shape index (κ3) is 3.18. The normalized spacial score (nSPS) is 14.7. The molecule has 0 unspecified atom stereocenters. The summed E-state index contributed by atoms with van der Waals surface area (Å²) in [6.45, 7) is 0. The Bertz CT molecular complexity index is 1930. The number of rotatable bonds is 4. The van der Waals surface area contributed by atoms with E-state index < -0.39 is 10.8 Å². The second kappa shape index (κ2) is 9.53. The van der Waals surface area contributed by atoms with Gasteiger partial charge in [-0.1, -0.05) is 182 Å². The molecule has 2 aliphatic rings. The lowest BCUT2D eigenvalue weighted by atomic mass is 9.64. The summed E-state index contributed by atoms with van der Waals surface area (Å²) in [4.78, 5) is 0. The third-order valence-corrected chi connectivity index (χ3v) is 10.0. The molecular weight excluding hydrogens is 528 g/mol. The van der Waals surface area contributed by atoms with Crippen molar-refractivity contribution in [3.8, 4) is 22.3 Å². The van der Waals surface area contributed by atoms with Crippen molar-refractivity contribution < 1.29 is 0 Å². The Morgan fingerprint density at radius 2 is 0.500 bits per heavy atom. The first-order valence-electron chi connectivity index (χ1n) is 15.5. The zero-order valence-corrected chi connectivity index (χ0v) is 24.3. The van der Waals surface area contributed by atoms with Crippen molar-refractivity contribution in [3.05, 3.63) is 226 Å². The molecule has 0 aromatic heterocycles. The predicted octanol–water partition coefficient (Wildman–Crippen LogP) is 10.4. The van der Waals surface area contributed by atoms with E-state index in [0.717, 1.165) is 0 Å². The van der Waals surface area contributed by atoms with Crippen LogP contribution in [0.5, 0.6) is 0 Å². The molecule has 0 radical (unpaired) electrons. The molecule has 0 atom stereocenters. The van der Waals surface area contributed by atoms with E-state index in [1.54, 1.807) is 0 Å². The molecule has 0 saturated carbocycles. The first-order chi connectivity index (χ1) is 21.8. The fraction of sp³-hybridized carbons (Fsp3) is 0.0455. The monoisotopic (exact) mass is 558 g/mol. The molecule has 0 N–H and O–H groups in total. The summed E-state index contributed by atoms with van der Waals surface area (Å²) in [7, 11) is 0. The molecule has 2 aliphatic carbocycles. The second-order valence-electron chi connectivity index (χ2n) is 12.0. The Hall–Kier alpha value is -5.46. The van der Waals surface area contributed by atoms with Crippen molar-refractivity contribution in [2.24, 2.45) is 0 Å². The molecule has 0 aliphatic heterocycles. The maximum Gasteiger partial charge on any atom is 0.0713 e. The van der Waals surface area contributed by atoms with Crippen molar-refractivity contribution >= 4 is 0 Å². The number of benzene rings is 7. The summed E-state index contributed by atoms with van der Waals surface area (Å²) in [5.41, 5.74) is 14.9. The van der Waals surface area contributed by atoms with Crippen LogP contribution in [0.2, 0.25) is 0 Å². The largest absolute Gasteiger partial charge is 0.0713 e. The van der Waals surface area contributed by atoms with Gasteiger partial charge in [-0.05, 0) is 66.8 Å². The Labute approximate surface area is 258 Å². The van der Waals surface area contributed by atoms with Crippen molar-refractivity contribution in [1.29, 1.82) is 0 Å². The lowest BCUT2D eigenvalue weighted by Gasteiger charge is -2.37. The van der Waals surface area contributed by atoms with E-state index in [1.165, 1.54) is 66.8 Å². The first kappa shape index (κ1) is 25.1. The van der Waals surface area contributed by atoms with Gasteiger partial charge >= 0.3 is 0 Å². The zero-order chi connectivity index (χ0) is 29.1. The van der Waals surface area contributed by atoms with Crippen molar-refractivity contribution in [2.45, 2.75) is 10.8 Å². The van der Waals surface area contributed by atoms with E-state index in [0.29, 0.717) is 0 Å². The van der Waals surface area contributed by atoms with Crippen LogP contribution >= 0.6 is 0 Å². The fourth-order valence-corrected chi connectivity index (χ4v) is 8.41.